The molecule has 0 N–H and O–H groups in total. The van der Waals surface area contributed by atoms with E-state index in [2.05, 4.69) is 9.05 Å². The first-order chi connectivity index (χ1) is 5.08. The first-order valence-corrected chi connectivity index (χ1v) is 5.18. The maximum atomic E-state index is 11.3. The molecule has 66 valence electrons. The van der Waals surface area contributed by atoms with Crippen molar-refractivity contribution in [3.63, 3.8) is 0 Å². The van der Waals surface area contributed by atoms with Crippen LogP contribution in [-0.2, 0) is 18.4 Å². The van der Waals surface area contributed by atoms with Gasteiger partial charge in [-0.2, -0.15) is 0 Å². The Bertz CT molecular complexity index is 169. The second-order valence-corrected chi connectivity index (χ2v) is 4.33. The molecule has 0 rings (SSSR count). The molecule has 0 bridgehead atoms. The third-order valence-electron chi connectivity index (χ3n) is 1.20. The molecular formula is C6H13O4P. The van der Waals surface area contributed by atoms with Crippen LogP contribution < -0.4 is 0 Å². The summed E-state index contributed by atoms with van der Waals surface area (Å²) >= 11 is 0. The van der Waals surface area contributed by atoms with Crippen LogP contribution in [0.25, 0.3) is 0 Å². The second kappa shape index (κ2) is 4.52. The molecule has 0 spiro atoms. The zero-order valence-electron chi connectivity index (χ0n) is 6.99. The van der Waals surface area contributed by atoms with Gasteiger partial charge in [0.25, 0.3) is 0 Å². The zero-order chi connectivity index (χ0) is 8.91. The monoisotopic (exact) mass is 180 g/mol. The maximum Gasteiger partial charge on any atom is 0.380 e. The van der Waals surface area contributed by atoms with E-state index in [1.165, 1.54) is 7.11 Å². The summed E-state index contributed by atoms with van der Waals surface area (Å²) in [7, 11) is -1.83. The first kappa shape index (κ1) is 10.7. The van der Waals surface area contributed by atoms with Crippen LogP contribution in [0.4, 0.5) is 0 Å². The van der Waals surface area contributed by atoms with Crippen molar-refractivity contribution in [2.75, 3.05) is 13.3 Å². The van der Waals surface area contributed by atoms with E-state index in [-0.39, 0.29) is 12.6 Å². The molecular weight excluding hydrogens is 167 g/mol. The van der Waals surface area contributed by atoms with Crippen LogP contribution in [0.1, 0.15) is 20.3 Å². The first-order valence-electron chi connectivity index (χ1n) is 3.45. The molecule has 11 heavy (non-hydrogen) atoms. The van der Waals surface area contributed by atoms with E-state index in [0.717, 1.165) is 0 Å². The fourth-order valence-electron chi connectivity index (χ4n) is 0.451. The minimum Gasteiger partial charge on any atom is -0.392 e. The van der Waals surface area contributed by atoms with Gasteiger partial charge >= 0.3 is 13.6 Å². The topological polar surface area (TPSA) is 52.6 Å². The molecule has 1 unspecified atom stereocenters. The lowest BCUT2D eigenvalue weighted by atomic mass is 10.5. The number of hydrogen-bond donors (Lipinski definition) is 0. The van der Waals surface area contributed by atoms with E-state index in [0.29, 0.717) is 0 Å². The van der Waals surface area contributed by atoms with Crippen molar-refractivity contribution < 1.29 is 18.4 Å². The van der Waals surface area contributed by atoms with E-state index in [9.17, 15) is 9.36 Å². The highest BCUT2D eigenvalue weighted by Gasteiger charge is 2.23. The Morgan fingerprint density at radius 2 is 2.00 bits per heavy atom. The largest absolute Gasteiger partial charge is 0.392 e. The Labute approximate surface area is 66.4 Å². The standard InChI is InChI=1S/C6H13O4P/c1-4-6(7)10-11(8,5-2)9-3/h4-5H2,1-3H3. The van der Waals surface area contributed by atoms with Gasteiger partial charge in [-0.3, -0.25) is 4.79 Å². The predicted octanol–water partition coefficient (Wildman–Crippen LogP) is 1.80. The fourth-order valence-corrected chi connectivity index (χ4v) is 1.35. The van der Waals surface area contributed by atoms with Gasteiger partial charge < -0.3 is 9.05 Å². The number of hydrogen-bond acceptors (Lipinski definition) is 4. The number of carbonyl (C=O) groups is 1. The van der Waals surface area contributed by atoms with Crippen LogP contribution in [0, 0.1) is 0 Å². The molecule has 0 aromatic heterocycles. The summed E-state index contributed by atoms with van der Waals surface area (Å²) in [5.41, 5.74) is 0. The van der Waals surface area contributed by atoms with E-state index in [1.807, 2.05) is 0 Å². The van der Waals surface area contributed by atoms with Crippen LogP contribution in [0.5, 0.6) is 0 Å². The highest BCUT2D eigenvalue weighted by Crippen LogP contribution is 2.46. The molecule has 0 saturated heterocycles. The normalized spacial score (nSPS) is 15.5. The van der Waals surface area contributed by atoms with Crippen LogP contribution >= 0.6 is 7.60 Å². The molecule has 0 heterocycles. The van der Waals surface area contributed by atoms with E-state index in [4.69, 9.17) is 0 Å². The lowest BCUT2D eigenvalue weighted by Crippen LogP contribution is -2.03. The van der Waals surface area contributed by atoms with Crippen LogP contribution in [0.15, 0.2) is 0 Å². The quantitative estimate of drug-likeness (QED) is 0.619. The van der Waals surface area contributed by atoms with Gasteiger partial charge in [-0.1, -0.05) is 13.8 Å². The molecule has 5 heteroatoms. The zero-order valence-corrected chi connectivity index (χ0v) is 7.89. The Balaban J connectivity index is 4.09. The molecule has 0 aliphatic carbocycles. The van der Waals surface area contributed by atoms with Gasteiger partial charge in [-0.25, -0.2) is 4.57 Å². The third-order valence-corrected chi connectivity index (χ3v) is 3.01. The molecule has 0 aromatic rings. The van der Waals surface area contributed by atoms with E-state index >= 15 is 0 Å². The molecule has 1 atom stereocenters. The smallest absolute Gasteiger partial charge is 0.380 e. The average molecular weight is 180 g/mol. The summed E-state index contributed by atoms with van der Waals surface area (Å²) in [6, 6.07) is 0. The Morgan fingerprint density at radius 1 is 1.45 bits per heavy atom. The van der Waals surface area contributed by atoms with Crippen molar-refractivity contribution >= 4 is 13.6 Å². The van der Waals surface area contributed by atoms with Crippen molar-refractivity contribution in [3.8, 4) is 0 Å². The van der Waals surface area contributed by atoms with Gasteiger partial charge in [0.2, 0.25) is 0 Å². The molecule has 0 amide bonds. The average Bonchev–Trinajstić information content (AvgIpc) is 2.04. The van der Waals surface area contributed by atoms with Gasteiger partial charge in [0.15, 0.2) is 0 Å². The summed E-state index contributed by atoms with van der Waals surface area (Å²) < 4.78 is 20.4. The van der Waals surface area contributed by atoms with Crippen molar-refractivity contribution in [2.24, 2.45) is 0 Å². The molecule has 0 radical (unpaired) electrons. The van der Waals surface area contributed by atoms with Crippen molar-refractivity contribution in [2.45, 2.75) is 20.3 Å². The third kappa shape index (κ3) is 3.54. The summed E-state index contributed by atoms with van der Waals surface area (Å²) in [6.07, 6.45) is 0.433. The van der Waals surface area contributed by atoms with Crippen molar-refractivity contribution in [3.05, 3.63) is 0 Å². The molecule has 0 fully saturated rings. The summed E-state index contributed by atoms with van der Waals surface area (Å²) in [5.74, 6) is -0.489. The lowest BCUT2D eigenvalue weighted by Gasteiger charge is -2.12. The minimum absolute atomic E-state index is 0.216. The Hall–Kier alpha value is -0.340. The Morgan fingerprint density at radius 3 is 2.27 bits per heavy atom. The van der Waals surface area contributed by atoms with Gasteiger partial charge in [-0.15, -0.1) is 0 Å². The summed E-state index contributed by atoms with van der Waals surface area (Å²) in [5, 5.41) is 0. The highest BCUT2D eigenvalue weighted by atomic mass is 31.2. The van der Waals surface area contributed by atoms with Gasteiger partial charge in [0.1, 0.15) is 0 Å². The molecule has 0 aromatic carbocycles. The fraction of sp³-hybridized carbons (Fsp3) is 0.833. The van der Waals surface area contributed by atoms with E-state index in [1.54, 1.807) is 13.8 Å². The molecule has 4 nitrogen and oxygen atoms in total. The summed E-state index contributed by atoms with van der Waals surface area (Å²) in [4.78, 5) is 10.7. The highest BCUT2D eigenvalue weighted by molar-refractivity contribution is 7.54. The van der Waals surface area contributed by atoms with Crippen LogP contribution in [0.2, 0.25) is 0 Å². The van der Waals surface area contributed by atoms with Crippen molar-refractivity contribution in [1.82, 2.24) is 0 Å². The molecule has 0 saturated carbocycles. The minimum atomic E-state index is -3.10. The van der Waals surface area contributed by atoms with Crippen LogP contribution in [0.3, 0.4) is 0 Å². The maximum absolute atomic E-state index is 11.3. The van der Waals surface area contributed by atoms with Gasteiger partial charge in [0, 0.05) is 13.5 Å². The lowest BCUT2D eigenvalue weighted by molar-refractivity contribution is -0.134. The van der Waals surface area contributed by atoms with Gasteiger partial charge in [-0.05, 0) is 0 Å². The van der Waals surface area contributed by atoms with Crippen molar-refractivity contribution in [1.29, 1.82) is 0 Å². The summed E-state index contributed by atoms with van der Waals surface area (Å²) in [6.45, 7) is 3.28. The Kier molecular flexibility index (Phi) is 4.38. The van der Waals surface area contributed by atoms with Gasteiger partial charge in [0.05, 0.1) is 6.16 Å². The molecule has 0 aliphatic heterocycles. The SMILES string of the molecule is CCC(=O)OP(=O)(CC)OC. The second-order valence-electron chi connectivity index (χ2n) is 1.93. The van der Waals surface area contributed by atoms with Crippen LogP contribution in [-0.4, -0.2) is 19.2 Å². The predicted molar refractivity (Wildman–Crippen MR) is 41.5 cm³/mol. The molecule has 0 aliphatic rings. The number of carbonyl (C=O) groups excluding carboxylic acids is 1. The van der Waals surface area contributed by atoms with E-state index < -0.39 is 13.6 Å². The number of rotatable bonds is 4.